The highest BCUT2D eigenvalue weighted by molar-refractivity contribution is 6.33. The number of para-hydroxylation sites is 2. The smallest absolute Gasteiger partial charge is 0.235 e. The Morgan fingerprint density at radius 1 is 0.340 bits per heavy atom. The van der Waals surface area contributed by atoms with Crippen LogP contribution in [0.25, 0.3) is 99.5 Å². The zero-order valence-electron chi connectivity index (χ0n) is 27.0. The molecule has 0 atom stereocenters. The van der Waals surface area contributed by atoms with E-state index in [1.54, 1.807) is 0 Å². The molecule has 0 radical (unpaired) electrons. The van der Waals surface area contributed by atoms with E-state index in [9.17, 15) is 0 Å². The standard InChI is InChI=1S/C46H28N4/c1-3-13-29(14-4-1)31-17-11-18-32(27-31)38-28-37(30-15-5-2-6-16-30)47-46(48-38)50-41-24-12-21-35-33-19-7-9-22-39(33)49-40-23-10-8-20-34(40)36-25-26-42(50)44(43(35)41)45(36)49/h1-28H. The molecule has 232 valence electrons. The van der Waals surface area contributed by atoms with Gasteiger partial charge in [0, 0.05) is 38.1 Å². The predicted molar refractivity (Wildman–Crippen MR) is 207 cm³/mol. The van der Waals surface area contributed by atoms with Crippen LogP contribution in [0.2, 0.25) is 0 Å². The molecule has 0 saturated heterocycles. The van der Waals surface area contributed by atoms with Gasteiger partial charge in [0.1, 0.15) is 0 Å². The van der Waals surface area contributed by atoms with E-state index in [1.165, 1.54) is 54.4 Å². The summed E-state index contributed by atoms with van der Waals surface area (Å²) in [4.78, 5) is 10.7. The minimum atomic E-state index is 0.652. The lowest BCUT2D eigenvalue weighted by molar-refractivity contribution is 0.996. The Balaban J connectivity index is 1.28. The molecule has 0 saturated carbocycles. The summed E-state index contributed by atoms with van der Waals surface area (Å²) in [5, 5.41) is 7.38. The van der Waals surface area contributed by atoms with Crippen molar-refractivity contribution in [3.8, 4) is 39.6 Å². The van der Waals surface area contributed by atoms with Gasteiger partial charge in [0.15, 0.2) is 0 Å². The maximum absolute atomic E-state index is 5.39. The van der Waals surface area contributed by atoms with Crippen LogP contribution in [-0.2, 0) is 0 Å². The molecule has 4 aromatic heterocycles. The van der Waals surface area contributed by atoms with Crippen molar-refractivity contribution >= 4 is 59.9 Å². The van der Waals surface area contributed by atoms with E-state index in [1.807, 2.05) is 6.07 Å². The molecule has 0 aliphatic carbocycles. The highest BCUT2D eigenvalue weighted by Gasteiger charge is 2.24. The third kappa shape index (κ3) is 3.81. The van der Waals surface area contributed by atoms with Crippen LogP contribution >= 0.6 is 0 Å². The molecule has 50 heavy (non-hydrogen) atoms. The third-order valence-corrected chi connectivity index (χ3v) is 10.3. The van der Waals surface area contributed by atoms with Crippen LogP contribution in [0.5, 0.6) is 0 Å². The van der Waals surface area contributed by atoms with Gasteiger partial charge in [-0.1, -0.05) is 133 Å². The van der Waals surface area contributed by atoms with Crippen molar-refractivity contribution in [3.63, 3.8) is 0 Å². The van der Waals surface area contributed by atoms with Gasteiger partial charge < -0.3 is 4.40 Å². The number of nitrogens with zero attached hydrogens (tertiary/aromatic N) is 4. The second-order valence-corrected chi connectivity index (χ2v) is 13.0. The van der Waals surface area contributed by atoms with Gasteiger partial charge in [-0.05, 0) is 52.9 Å². The van der Waals surface area contributed by atoms with Gasteiger partial charge in [-0.15, -0.1) is 0 Å². The minimum Gasteiger partial charge on any atom is -0.308 e. The van der Waals surface area contributed by atoms with Gasteiger partial charge in [-0.3, -0.25) is 4.57 Å². The molecule has 0 aliphatic heterocycles. The van der Waals surface area contributed by atoms with Crippen LogP contribution in [-0.4, -0.2) is 18.9 Å². The lowest BCUT2D eigenvalue weighted by atomic mass is 10.0. The monoisotopic (exact) mass is 636 g/mol. The van der Waals surface area contributed by atoms with E-state index in [0.29, 0.717) is 5.95 Å². The number of hydrogen-bond donors (Lipinski definition) is 0. The first-order valence-corrected chi connectivity index (χ1v) is 17.0. The van der Waals surface area contributed by atoms with E-state index >= 15 is 0 Å². The largest absolute Gasteiger partial charge is 0.308 e. The van der Waals surface area contributed by atoms with Gasteiger partial charge in [0.2, 0.25) is 5.95 Å². The van der Waals surface area contributed by atoms with Crippen LogP contribution in [0.1, 0.15) is 0 Å². The highest BCUT2D eigenvalue weighted by atomic mass is 15.2. The van der Waals surface area contributed by atoms with Crippen molar-refractivity contribution < 1.29 is 0 Å². The molecule has 7 aromatic carbocycles. The number of aromatic nitrogens is 4. The van der Waals surface area contributed by atoms with Gasteiger partial charge in [-0.2, -0.15) is 0 Å². The Morgan fingerprint density at radius 3 is 1.64 bits per heavy atom. The van der Waals surface area contributed by atoms with Gasteiger partial charge >= 0.3 is 0 Å². The highest BCUT2D eigenvalue weighted by Crippen LogP contribution is 2.45. The van der Waals surface area contributed by atoms with Crippen LogP contribution in [0.3, 0.4) is 0 Å². The fraction of sp³-hybridized carbons (Fsp3) is 0. The second kappa shape index (κ2) is 10.4. The average molecular weight is 637 g/mol. The number of rotatable bonds is 4. The number of hydrogen-bond acceptors (Lipinski definition) is 2. The molecule has 0 bridgehead atoms. The van der Waals surface area contributed by atoms with Crippen LogP contribution < -0.4 is 0 Å². The molecule has 0 unspecified atom stereocenters. The van der Waals surface area contributed by atoms with Crippen molar-refractivity contribution in [1.29, 1.82) is 0 Å². The molecule has 11 rings (SSSR count). The summed E-state index contributed by atoms with van der Waals surface area (Å²) >= 11 is 0. The third-order valence-electron chi connectivity index (χ3n) is 10.3. The molecule has 4 heteroatoms. The maximum Gasteiger partial charge on any atom is 0.235 e. The topological polar surface area (TPSA) is 35.1 Å². The fourth-order valence-corrected chi connectivity index (χ4v) is 8.11. The Morgan fingerprint density at radius 2 is 0.880 bits per heavy atom. The second-order valence-electron chi connectivity index (χ2n) is 13.0. The van der Waals surface area contributed by atoms with Crippen molar-refractivity contribution in [2.75, 3.05) is 0 Å². The molecule has 0 N–H and O–H groups in total. The van der Waals surface area contributed by atoms with E-state index in [-0.39, 0.29) is 0 Å². The summed E-state index contributed by atoms with van der Waals surface area (Å²) in [5.41, 5.74) is 12.0. The van der Waals surface area contributed by atoms with Crippen molar-refractivity contribution in [2.24, 2.45) is 0 Å². The molecule has 0 aliphatic rings. The summed E-state index contributed by atoms with van der Waals surface area (Å²) in [6.45, 7) is 0. The summed E-state index contributed by atoms with van der Waals surface area (Å²) < 4.78 is 4.74. The van der Waals surface area contributed by atoms with Crippen LogP contribution in [0.4, 0.5) is 0 Å². The van der Waals surface area contributed by atoms with Crippen molar-refractivity contribution in [3.05, 3.63) is 170 Å². The molecule has 0 amide bonds. The number of benzene rings is 7. The molecule has 11 aromatic rings. The number of fused-ring (bicyclic) bond motifs is 6. The molecular weight excluding hydrogens is 609 g/mol. The summed E-state index contributed by atoms with van der Waals surface area (Å²) in [6, 6.07) is 60.5. The maximum atomic E-state index is 5.39. The van der Waals surface area contributed by atoms with Gasteiger partial charge in [0.25, 0.3) is 0 Å². The van der Waals surface area contributed by atoms with Gasteiger partial charge in [0.05, 0.1) is 39.0 Å². The summed E-state index contributed by atoms with van der Waals surface area (Å²) in [6.07, 6.45) is 0. The zero-order valence-corrected chi connectivity index (χ0v) is 27.0. The van der Waals surface area contributed by atoms with Crippen molar-refractivity contribution in [1.82, 2.24) is 18.9 Å². The molecule has 0 spiro atoms. The fourth-order valence-electron chi connectivity index (χ4n) is 8.11. The first-order valence-electron chi connectivity index (χ1n) is 17.0. The minimum absolute atomic E-state index is 0.652. The molecular formula is C46H28N4. The SMILES string of the molecule is c1ccc(-c2cccc(-c3cc(-c4ccccc4)nc(-n4c5cccc6c7ccccc7n7c8ccccc8c8ccc4c(c65)c87)n3)c2)cc1. The lowest BCUT2D eigenvalue weighted by Crippen LogP contribution is -2.04. The van der Waals surface area contributed by atoms with Gasteiger partial charge in [-0.25, -0.2) is 9.97 Å². The summed E-state index contributed by atoms with van der Waals surface area (Å²) in [7, 11) is 0. The molecule has 0 fully saturated rings. The van der Waals surface area contributed by atoms with Crippen LogP contribution in [0, 0.1) is 0 Å². The van der Waals surface area contributed by atoms with E-state index in [4.69, 9.17) is 9.97 Å². The predicted octanol–water partition coefficient (Wildman–Crippen LogP) is 11.7. The van der Waals surface area contributed by atoms with E-state index in [2.05, 4.69) is 173 Å². The Hall–Kier alpha value is -6.78. The molecule has 4 heterocycles. The normalized spacial score (nSPS) is 12.0. The molecule has 4 nitrogen and oxygen atoms in total. The first-order chi connectivity index (χ1) is 24.8. The van der Waals surface area contributed by atoms with Crippen LogP contribution in [0.15, 0.2) is 170 Å². The Kier molecular flexibility index (Phi) is 5.63. The summed E-state index contributed by atoms with van der Waals surface area (Å²) in [5.74, 6) is 0.652. The average Bonchev–Trinajstić information content (AvgIpc) is 3.67. The first kappa shape index (κ1) is 27.2. The zero-order chi connectivity index (χ0) is 32.8. The lowest BCUT2D eigenvalue weighted by Gasteiger charge is -2.13. The Bertz CT molecular complexity index is 3080. The quantitative estimate of drug-likeness (QED) is 0.193. The Labute approximate surface area is 287 Å². The van der Waals surface area contributed by atoms with E-state index < -0.39 is 0 Å². The van der Waals surface area contributed by atoms with E-state index in [0.717, 1.165) is 39.1 Å². The van der Waals surface area contributed by atoms with Crippen molar-refractivity contribution in [2.45, 2.75) is 0 Å².